The summed E-state index contributed by atoms with van der Waals surface area (Å²) in [5.41, 5.74) is 1.04. The van der Waals surface area contributed by atoms with Crippen LogP contribution >= 0.6 is 0 Å². The highest BCUT2D eigenvalue weighted by Crippen LogP contribution is 2.62. The molecule has 116 valence electrons. The number of hydrogen-bond acceptors (Lipinski definition) is 3. The molecule has 0 spiro atoms. The molecular weight excluding hydrogens is 274 g/mol. The number of carbonyl (C=O) groups excluding carboxylic acids is 2. The number of hydrogen-bond donors (Lipinski definition) is 0. The summed E-state index contributed by atoms with van der Waals surface area (Å²) in [6, 6.07) is 2.54. The van der Waals surface area contributed by atoms with Crippen LogP contribution in [-0.4, -0.2) is 11.6 Å². The molecule has 4 rings (SSSR count). The Bertz CT molecular complexity index is 613. The van der Waals surface area contributed by atoms with Gasteiger partial charge in [0.1, 0.15) is 5.78 Å². The first-order valence-electron chi connectivity index (χ1n) is 8.71. The number of Topliss-reactive ketones (excluding diaryl/α,β-unsaturated/α-hetero) is 1. The molecule has 0 aromatic heterocycles. The normalized spacial score (nSPS) is 47.1. The maximum atomic E-state index is 12.4. The molecule has 4 aliphatic rings. The molecule has 3 heteroatoms. The Hall–Kier alpha value is -1.43. The lowest BCUT2D eigenvalue weighted by Gasteiger charge is -2.53. The molecule has 0 bridgehead atoms. The van der Waals surface area contributed by atoms with Crippen LogP contribution in [0.15, 0.2) is 11.6 Å². The van der Waals surface area contributed by atoms with E-state index in [1.54, 1.807) is 0 Å². The zero-order valence-electron chi connectivity index (χ0n) is 13.2. The van der Waals surface area contributed by atoms with Gasteiger partial charge in [0.05, 0.1) is 12.0 Å². The quantitative estimate of drug-likeness (QED) is 0.688. The lowest BCUT2D eigenvalue weighted by molar-refractivity contribution is -0.132. The molecule has 3 nitrogen and oxygen atoms in total. The van der Waals surface area contributed by atoms with Crippen LogP contribution in [0.4, 0.5) is 0 Å². The van der Waals surface area contributed by atoms with E-state index in [1.807, 2.05) is 6.08 Å². The van der Waals surface area contributed by atoms with Crippen molar-refractivity contribution in [3.05, 3.63) is 11.6 Å². The van der Waals surface area contributed by atoms with Crippen LogP contribution < -0.4 is 0 Å². The van der Waals surface area contributed by atoms with E-state index in [1.165, 1.54) is 5.57 Å². The fourth-order valence-corrected chi connectivity index (χ4v) is 6.21. The summed E-state index contributed by atoms with van der Waals surface area (Å²) in [6.45, 7) is 2.11. The number of fused-ring (bicyclic) bond motifs is 5. The SMILES string of the molecule is C[C@]12C[C@H](C#N)[C@H]3[C@@H](CCC4=CC(=O)CC[C@@H]43)[C@@H]1CCC2=O. The fraction of sp³-hybridized carbons (Fsp3) is 0.737. The largest absolute Gasteiger partial charge is 0.299 e. The Morgan fingerprint density at radius 2 is 2.00 bits per heavy atom. The third-order valence-corrected chi connectivity index (χ3v) is 7.18. The summed E-state index contributed by atoms with van der Waals surface area (Å²) >= 11 is 0. The predicted molar refractivity (Wildman–Crippen MR) is 81.6 cm³/mol. The monoisotopic (exact) mass is 297 g/mol. The van der Waals surface area contributed by atoms with Gasteiger partial charge in [-0.3, -0.25) is 9.59 Å². The topological polar surface area (TPSA) is 57.9 Å². The average Bonchev–Trinajstić information content (AvgIpc) is 2.81. The summed E-state index contributed by atoms with van der Waals surface area (Å²) in [4.78, 5) is 24.1. The van der Waals surface area contributed by atoms with Crippen LogP contribution in [0.25, 0.3) is 0 Å². The number of rotatable bonds is 0. The first-order valence-corrected chi connectivity index (χ1v) is 8.71. The molecule has 0 aliphatic heterocycles. The average molecular weight is 297 g/mol. The van der Waals surface area contributed by atoms with E-state index in [-0.39, 0.29) is 17.1 Å². The van der Waals surface area contributed by atoms with E-state index in [0.29, 0.717) is 42.3 Å². The van der Waals surface area contributed by atoms with E-state index < -0.39 is 0 Å². The van der Waals surface area contributed by atoms with Crippen LogP contribution in [0.3, 0.4) is 0 Å². The number of nitriles is 1. The van der Waals surface area contributed by atoms with Gasteiger partial charge in [0.15, 0.2) is 5.78 Å². The second-order valence-corrected chi connectivity index (χ2v) is 8.04. The van der Waals surface area contributed by atoms with Gasteiger partial charge >= 0.3 is 0 Å². The van der Waals surface area contributed by atoms with Crippen molar-refractivity contribution in [2.24, 2.45) is 35.0 Å². The summed E-state index contributed by atoms with van der Waals surface area (Å²) in [6.07, 6.45) is 7.94. The van der Waals surface area contributed by atoms with Gasteiger partial charge in [-0.2, -0.15) is 5.26 Å². The molecule has 0 aromatic rings. The van der Waals surface area contributed by atoms with Crippen molar-refractivity contribution in [2.45, 2.75) is 51.9 Å². The minimum Gasteiger partial charge on any atom is -0.299 e. The standard InChI is InChI=1S/C19H23NO2/c1-19-9-12(10-20)18-14-5-3-13(21)8-11(14)2-4-15(18)16(19)6-7-17(19)22/h8,12,14-16,18H,2-7,9H2,1H3/t12-,14+,15+,16+,18-,19+/m1/s1. The summed E-state index contributed by atoms with van der Waals surface area (Å²) < 4.78 is 0. The molecule has 4 aliphatic carbocycles. The lowest BCUT2D eigenvalue weighted by Crippen LogP contribution is -2.50. The number of nitrogens with zero attached hydrogens (tertiary/aromatic N) is 1. The third kappa shape index (κ3) is 1.79. The van der Waals surface area contributed by atoms with Crippen molar-refractivity contribution in [1.29, 1.82) is 5.26 Å². The maximum absolute atomic E-state index is 12.4. The first-order chi connectivity index (χ1) is 10.5. The molecule has 22 heavy (non-hydrogen) atoms. The summed E-state index contributed by atoms with van der Waals surface area (Å²) in [5.74, 6) is 2.39. The van der Waals surface area contributed by atoms with Gasteiger partial charge in [-0.1, -0.05) is 12.5 Å². The van der Waals surface area contributed by atoms with Gasteiger partial charge in [-0.15, -0.1) is 0 Å². The molecular formula is C19H23NO2. The van der Waals surface area contributed by atoms with Crippen molar-refractivity contribution >= 4 is 11.6 Å². The van der Waals surface area contributed by atoms with Crippen LogP contribution in [0, 0.1) is 46.3 Å². The Morgan fingerprint density at radius 1 is 1.18 bits per heavy atom. The van der Waals surface area contributed by atoms with E-state index in [4.69, 9.17) is 0 Å². The van der Waals surface area contributed by atoms with E-state index >= 15 is 0 Å². The first kappa shape index (κ1) is 14.2. The van der Waals surface area contributed by atoms with Crippen molar-refractivity contribution in [2.75, 3.05) is 0 Å². The molecule has 0 radical (unpaired) electrons. The minimum absolute atomic E-state index is 0.0183. The highest BCUT2D eigenvalue weighted by atomic mass is 16.1. The van der Waals surface area contributed by atoms with Crippen LogP contribution in [0.5, 0.6) is 0 Å². The van der Waals surface area contributed by atoms with Gasteiger partial charge in [0, 0.05) is 18.3 Å². The van der Waals surface area contributed by atoms with Gasteiger partial charge in [-0.05, 0) is 61.9 Å². The third-order valence-electron chi connectivity index (χ3n) is 7.18. The van der Waals surface area contributed by atoms with Gasteiger partial charge in [0.25, 0.3) is 0 Å². The van der Waals surface area contributed by atoms with Crippen molar-refractivity contribution in [3.8, 4) is 6.07 Å². The van der Waals surface area contributed by atoms with Crippen LogP contribution in [0.2, 0.25) is 0 Å². The molecule has 0 N–H and O–H groups in total. The molecule has 0 saturated heterocycles. The van der Waals surface area contributed by atoms with Crippen molar-refractivity contribution in [1.82, 2.24) is 0 Å². The van der Waals surface area contributed by atoms with Crippen molar-refractivity contribution in [3.63, 3.8) is 0 Å². The zero-order valence-corrected chi connectivity index (χ0v) is 13.2. The van der Waals surface area contributed by atoms with Crippen LogP contribution in [-0.2, 0) is 9.59 Å². The molecule has 0 unspecified atom stereocenters. The van der Waals surface area contributed by atoms with E-state index in [2.05, 4.69) is 13.0 Å². The smallest absolute Gasteiger partial charge is 0.155 e. The van der Waals surface area contributed by atoms with E-state index in [0.717, 1.165) is 32.1 Å². The maximum Gasteiger partial charge on any atom is 0.155 e. The van der Waals surface area contributed by atoms with Crippen molar-refractivity contribution < 1.29 is 9.59 Å². The molecule has 6 atom stereocenters. The summed E-state index contributed by atoms with van der Waals surface area (Å²) in [5, 5.41) is 9.75. The number of ketones is 2. The predicted octanol–water partition coefficient (Wildman–Crippen LogP) is 3.45. The lowest BCUT2D eigenvalue weighted by atomic mass is 9.49. The Morgan fingerprint density at radius 3 is 2.77 bits per heavy atom. The highest BCUT2D eigenvalue weighted by molar-refractivity contribution is 5.91. The summed E-state index contributed by atoms with van der Waals surface area (Å²) in [7, 11) is 0. The number of carbonyl (C=O) groups is 2. The molecule has 3 saturated carbocycles. The molecule has 0 amide bonds. The second-order valence-electron chi connectivity index (χ2n) is 8.04. The van der Waals surface area contributed by atoms with Gasteiger partial charge in [-0.25, -0.2) is 0 Å². The highest BCUT2D eigenvalue weighted by Gasteiger charge is 2.59. The zero-order chi connectivity index (χ0) is 15.5. The number of allylic oxidation sites excluding steroid dienone is 1. The second kappa shape index (κ2) is 4.78. The van der Waals surface area contributed by atoms with E-state index in [9.17, 15) is 14.9 Å². The Balaban J connectivity index is 1.73. The fourth-order valence-electron chi connectivity index (χ4n) is 6.21. The van der Waals surface area contributed by atoms with Gasteiger partial charge < -0.3 is 0 Å². The minimum atomic E-state index is -0.257. The van der Waals surface area contributed by atoms with Crippen LogP contribution in [0.1, 0.15) is 51.9 Å². The van der Waals surface area contributed by atoms with Gasteiger partial charge in [0.2, 0.25) is 0 Å². The molecule has 0 heterocycles. The Kier molecular flexibility index (Phi) is 3.08. The molecule has 3 fully saturated rings. The Labute approximate surface area is 131 Å². The molecule has 0 aromatic carbocycles.